The highest BCUT2D eigenvalue weighted by Gasteiger charge is 2.29. The Hall–Kier alpha value is -0.900. The van der Waals surface area contributed by atoms with Gasteiger partial charge in [-0.05, 0) is 25.7 Å². The van der Waals surface area contributed by atoms with Crippen molar-refractivity contribution in [3.8, 4) is 0 Å². The van der Waals surface area contributed by atoms with E-state index in [1.807, 2.05) is 0 Å². The molecule has 1 aromatic rings. The topological polar surface area (TPSA) is 42.7 Å². The molecule has 0 atom stereocenters. The zero-order valence-electron chi connectivity index (χ0n) is 8.53. The predicted octanol–water partition coefficient (Wildman–Crippen LogP) is 0.944. The van der Waals surface area contributed by atoms with Crippen LogP contribution < -0.4 is 5.32 Å². The van der Waals surface area contributed by atoms with Crippen molar-refractivity contribution in [3.63, 3.8) is 0 Å². The molecule has 0 bridgehead atoms. The van der Waals surface area contributed by atoms with E-state index >= 15 is 0 Å². The minimum atomic E-state index is 0.696. The second kappa shape index (κ2) is 3.05. The Kier molecular flexibility index (Phi) is 1.83. The highest BCUT2D eigenvalue weighted by atomic mass is 15.3. The molecule has 1 N–H and O–H groups in total. The molecule has 0 saturated heterocycles. The van der Waals surface area contributed by atoms with Gasteiger partial charge in [0.2, 0.25) is 0 Å². The van der Waals surface area contributed by atoms with Crippen molar-refractivity contribution in [1.82, 2.24) is 20.1 Å². The molecule has 2 aliphatic rings. The molecular weight excluding hydrogens is 176 g/mol. The summed E-state index contributed by atoms with van der Waals surface area (Å²) in [5.74, 6) is 2.96. The number of hydrogen-bond donors (Lipinski definition) is 1. The Labute approximate surface area is 83.7 Å². The SMILES string of the molecule is Cn1c(CNC2CC2)nnc1C1CC1. The smallest absolute Gasteiger partial charge is 0.146 e. The van der Waals surface area contributed by atoms with Gasteiger partial charge in [0.15, 0.2) is 0 Å². The standard InChI is InChI=1S/C10H16N4/c1-14-9(6-11-8-4-5-8)12-13-10(14)7-2-3-7/h7-8,11H,2-6H2,1H3. The fourth-order valence-electron chi connectivity index (χ4n) is 1.75. The number of rotatable bonds is 4. The number of aromatic nitrogens is 3. The van der Waals surface area contributed by atoms with Crippen LogP contribution in [0.3, 0.4) is 0 Å². The molecule has 3 rings (SSSR count). The first kappa shape index (κ1) is 8.41. The van der Waals surface area contributed by atoms with Crippen LogP contribution in [0.5, 0.6) is 0 Å². The predicted molar refractivity (Wildman–Crippen MR) is 52.8 cm³/mol. The maximum Gasteiger partial charge on any atom is 0.146 e. The first-order chi connectivity index (χ1) is 6.84. The van der Waals surface area contributed by atoms with Crippen LogP contribution in [-0.2, 0) is 13.6 Å². The molecule has 0 unspecified atom stereocenters. The van der Waals surface area contributed by atoms with Gasteiger partial charge in [0.1, 0.15) is 11.6 Å². The average Bonchev–Trinajstić information content (AvgIpc) is 3.05. The summed E-state index contributed by atoms with van der Waals surface area (Å²) in [4.78, 5) is 0. The number of nitrogens with zero attached hydrogens (tertiary/aromatic N) is 3. The van der Waals surface area contributed by atoms with Crippen LogP contribution in [-0.4, -0.2) is 20.8 Å². The van der Waals surface area contributed by atoms with Crippen molar-refractivity contribution >= 4 is 0 Å². The summed E-state index contributed by atoms with van der Waals surface area (Å²) >= 11 is 0. The first-order valence-corrected chi connectivity index (χ1v) is 5.46. The quantitative estimate of drug-likeness (QED) is 0.772. The van der Waals surface area contributed by atoms with Crippen molar-refractivity contribution in [3.05, 3.63) is 11.6 Å². The Balaban J connectivity index is 1.69. The van der Waals surface area contributed by atoms with E-state index < -0.39 is 0 Å². The molecule has 2 aliphatic carbocycles. The molecule has 0 amide bonds. The zero-order chi connectivity index (χ0) is 9.54. The van der Waals surface area contributed by atoms with Gasteiger partial charge < -0.3 is 9.88 Å². The minimum absolute atomic E-state index is 0.696. The molecule has 4 heteroatoms. The van der Waals surface area contributed by atoms with Gasteiger partial charge >= 0.3 is 0 Å². The van der Waals surface area contributed by atoms with E-state index in [4.69, 9.17) is 0 Å². The second-order valence-electron chi connectivity index (χ2n) is 4.46. The average molecular weight is 192 g/mol. The number of hydrogen-bond acceptors (Lipinski definition) is 3. The van der Waals surface area contributed by atoms with E-state index in [9.17, 15) is 0 Å². The zero-order valence-corrected chi connectivity index (χ0v) is 8.53. The highest BCUT2D eigenvalue weighted by Crippen LogP contribution is 2.38. The Morgan fingerprint density at radius 3 is 2.71 bits per heavy atom. The summed E-state index contributed by atoms with van der Waals surface area (Å²) in [6, 6.07) is 0.746. The van der Waals surface area contributed by atoms with Crippen molar-refractivity contribution in [2.24, 2.45) is 7.05 Å². The monoisotopic (exact) mass is 192 g/mol. The Morgan fingerprint density at radius 2 is 2.07 bits per heavy atom. The van der Waals surface area contributed by atoms with Gasteiger partial charge in [0, 0.05) is 19.0 Å². The maximum absolute atomic E-state index is 4.25. The summed E-state index contributed by atoms with van der Waals surface area (Å²) in [6.07, 6.45) is 5.24. The van der Waals surface area contributed by atoms with E-state index in [1.165, 1.54) is 31.5 Å². The molecule has 2 saturated carbocycles. The second-order valence-corrected chi connectivity index (χ2v) is 4.46. The molecule has 0 spiro atoms. The summed E-state index contributed by atoms with van der Waals surface area (Å²) in [7, 11) is 2.08. The van der Waals surface area contributed by atoms with Crippen LogP contribution >= 0.6 is 0 Å². The fourth-order valence-corrected chi connectivity index (χ4v) is 1.75. The normalized spacial score (nSPS) is 21.5. The highest BCUT2D eigenvalue weighted by molar-refractivity contribution is 5.07. The van der Waals surface area contributed by atoms with E-state index in [0.717, 1.165) is 18.4 Å². The van der Waals surface area contributed by atoms with Crippen molar-refractivity contribution in [2.45, 2.75) is 44.2 Å². The third-order valence-corrected chi connectivity index (χ3v) is 3.07. The summed E-state index contributed by atoms with van der Waals surface area (Å²) in [5, 5.41) is 11.9. The lowest BCUT2D eigenvalue weighted by Gasteiger charge is -2.03. The largest absolute Gasteiger partial charge is 0.317 e. The van der Waals surface area contributed by atoms with Crippen LogP contribution in [0.15, 0.2) is 0 Å². The third kappa shape index (κ3) is 1.54. The van der Waals surface area contributed by atoms with E-state index in [-0.39, 0.29) is 0 Å². The molecule has 1 heterocycles. The van der Waals surface area contributed by atoms with Gasteiger partial charge in [-0.3, -0.25) is 0 Å². The molecular formula is C10H16N4. The van der Waals surface area contributed by atoms with E-state index in [0.29, 0.717) is 5.92 Å². The lowest BCUT2D eigenvalue weighted by Crippen LogP contribution is -2.18. The lowest BCUT2D eigenvalue weighted by molar-refractivity contribution is 0.627. The molecule has 76 valence electrons. The molecule has 2 fully saturated rings. The van der Waals surface area contributed by atoms with Crippen LogP contribution in [0.4, 0.5) is 0 Å². The molecule has 0 aromatic carbocycles. The van der Waals surface area contributed by atoms with E-state index in [1.54, 1.807) is 0 Å². The van der Waals surface area contributed by atoms with Crippen molar-refractivity contribution in [2.75, 3.05) is 0 Å². The summed E-state index contributed by atoms with van der Waals surface area (Å²) in [5.41, 5.74) is 0. The maximum atomic E-state index is 4.25. The van der Waals surface area contributed by atoms with Gasteiger partial charge in [-0.1, -0.05) is 0 Å². The van der Waals surface area contributed by atoms with Crippen molar-refractivity contribution < 1.29 is 0 Å². The van der Waals surface area contributed by atoms with Crippen molar-refractivity contribution in [1.29, 1.82) is 0 Å². The van der Waals surface area contributed by atoms with Gasteiger partial charge in [0.05, 0.1) is 6.54 Å². The minimum Gasteiger partial charge on any atom is -0.317 e. The van der Waals surface area contributed by atoms with Gasteiger partial charge in [0.25, 0.3) is 0 Å². The lowest BCUT2D eigenvalue weighted by atomic mass is 10.4. The third-order valence-electron chi connectivity index (χ3n) is 3.07. The Bertz CT molecular complexity index is 336. The summed E-state index contributed by atoms with van der Waals surface area (Å²) < 4.78 is 2.16. The number of nitrogens with one attached hydrogen (secondary N) is 1. The van der Waals surface area contributed by atoms with E-state index in [2.05, 4.69) is 27.1 Å². The van der Waals surface area contributed by atoms with Gasteiger partial charge in [-0.2, -0.15) is 0 Å². The molecule has 14 heavy (non-hydrogen) atoms. The van der Waals surface area contributed by atoms with Crippen LogP contribution in [0, 0.1) is 0 Å². The van der Waals surface area contributed by atoms with Crippen LogP contribution in [0.2, 0.25) is 0 Å². The molecule has 4 nitrogen and oxygen atoms in total. The van der Waals surface area contributed by atoms with Crippen LogP contribution in [0.1, 0.15) is 43.3 Å². The van der Waals surface area contributed by atoms with Gasteiger partial charge in [-0.25, -0.2) is 0 Å². The first-order valence-electron chi connectivity index (χ1n) is 5.46. The van der Waals surface area contributed by atoms with Gasteiger partial charge in [-0.15, -0.1) is 10.2 Å². The Morgan fingerprint density at radius 1 is 1.29 bits per heavy atom. The molecule has 0 radical (unpaired) electrons. The van der Waals surface area contributed by atoms with Crippen LogP contribution in [0.25, 0.3) is 0 Å². The summed E-state index contributed by atoms with van der Waals surface area (Å²) in [6.45, 7) is 0.876. The fraction of sp³-hybridized carbons (Fsp3) is 0.800. The molecule has 1 aromatic heterocycles. The molecule has 0 aliphatic heterocycles.